The van der Waals surface area contributed by atoms with E-state index in [0.29, 0.717) is 12.5 Å². The van der Waals surface area contributed by atoms with Crippen LogP contribution >= 0.6 is 11.3 Å². The van der Waals surface area contributed by atoms with E-state index in [4.69, 9.17) is 0 Å². The van der Waals surface area contributed by atoms with Crippen molar-refractivity contribution < 1.29 is 4.79 Å². The maximum Gasteiger partial charge on any atom is 0.254 e. The van der Waals surface area contributed by atoms with E-state index >= 15 is 0 Å². The molecule has 0 atom stereocenters. The molecule has 0 spiro atoms. The Kier molecular flexibility index (Phi) is 3.77. The van der Waals surface area contributed by atoms with E-state index in [1.54, 1.807) is 17.4 Å². The summed E-state index contributed by atoms with van der Waals surface area (Å²) in [5.41, 5.74) is 2.00. The Balaban J connectivity index is 1.45. The summed E-state index contributed by atoms with van der Waals surface area (Å²) in [6.45, 7) is 1.46. The molecule has 2 aromatic rings. The van der Waals surface area contributed by atoms with Gasteiger partial charge in [0.25, 0.3) is 5.56 Å². The molecule has 0 unspecified atom stereocenters. The van der Waals surface area contributed by atoms with Gasteiger partial charge in [-0.25, -0.2) is 4.98 Å². The Morgan fingerprint density at radius 1 is 1.39 bits per heavy atom. The van der Waals surface area contributed by atoms with Crippen molar-refractivity contribution in [3.05, 3.63) is 50.3 Å². The first-order valence-electron chi connectivity index (χ1n) is 8.10. The van der Waals surface area contributed by atoms with Crippen LogP contribution in [0.3, 0.4) is 0 Å². The van der Waals surface area contributed by atoms with E-state index in [0.717, 1.165) is 31.5 Å². The first-order chi connectivity index (χ1) is 11.2. The molecule has 4 rings (SSSR count). The van der Waals surface area contributed by atoms with Crippen molar-refractivity contribution in [1.29, 1.82) is 0 Å². The van der Waals surface area contributed by atoms with E-state index in [1.807, 2.05) is 4.90 Å². The smallest absolute Gasteiger partial charge is 0.254 e. The normalized spacial score (nSPS) is 17.7. The predicted octanol–water partition coefficient (Wildman–Crippen LogP) is 2.16. The van der Waals surface area contributed by atoms with Crippen molar-refractivity contribution >= 4 is 17.2 Å². The molecule has 2 aliphatic rings. The molecule has 23 heavy (non-hydrogen) atoms. The van der Waals surface area contributed by atoms with E-state index in [9.17, 15) is 9.59 Å². The van der Waals surface area contributed by atoms with Crippen LogP contribution < -0.4 is 5.56 Å². The largest absolute Gasteiger partial charge is 0.336 e. The first kappa shape index (κ1) is 14.6. The number of carbonyl (C=O) groups excluding carboxylic acids is 1. The van der Waals surface area contributed by atoms with Crippen LogP contribution in [0.4, 0.5) is 0 Å². The number of aromatic nitrogens is 2. The summed E-state index contributed by atoms with van der Waals surface area (Å²) in [7, 11) is 0. The van der Waals surface area contributed by atoms with Crippen molar-refractivity contribution in [3.63, 3.8) is 0 Å². The Hall–Kier alpha value is -1.95. The van der Waals surface area contributed by atoms with E-state index < -0.39 is 0 Å². The SMILES string of the molecule is O=C(Cn1cnc(C2CCC2)cc1=O)N1CCc2sccc2C1. The molecule has 1 aliphatic heterocycles. The topological polar surface area (TPSA) is 55.2 Å². The van der Waals surface area contributed by atoms with Gasteiger partial charge in [0.15, 0.2) is 0 Å². The average molecular weight is 329 g/mol. The third kappa shape index (κ3) is 2.83. The molecule has 0 saturated heterocycles. The van der Waals surface area contributed by atoms with Crippen molar-refractivity contribution in [1.82, 2.24) is 14.5 Å². The molecule has 5 nitrogen and oxygen atoms in total. The fraction of sp³-hybridized carbons (Fsp3) is 0.471. The zero-order valence-electron chi connectivity index (χ0n) is 12.9. The second-order valence-electron chi connectivity index (χ2n) is 6.34. The van der Waals surface area contributed by atoms with Gasteiger partial charge in [0.1, 0.15) is 6.54 Å². The van der Waals surface area contributed by atoms with Crippen LogP contribution in [-0.4, -0.2) is 26.9 Å². The third-order valence-electron chi connectivity index (χ3n) is 4.89. The highest BCUT2D eigenvalue weighted by Gasteiger charge is 2.23. The summed E-state index contributed by atoms with van der Waals surface area (Å²) in [5.74, 6) is 0.425. The number of hydrogen-bond acceptors (Lipinski definition) is 4. The van der Waals surface area contributed by atoms with Gasteiger partial charge in [-0.3, -0.25) is 14.2 Å². The lowest BCUT2D eigenvalue weighted by Crippen LogP contribution is -2.39. The highest BCUT2D eigenvalue weighted by molar-refractivity contribution is 7.10. The van der Waals surface area contributed by atoms with Crippen LogP contribution in [0.1, 0.15) is 41.3 Å². The lowest BCUT2D eigenvalue weighted by atomic mass is 9.83. The van der Waals surface area contributed by atoms with E-state index in [1.165, 1.54) is 27.8 Å². The van der Waals surface area contributed by atoms with Gasteiger partial charge in [-0.05, 0) is 36.3 Å². The van der Waals surface area contributed by atoms with Crippen LogP contribution in [0.15, 0.2) is 28.6 Å². The van der Waals surface area contributed by atoms with Gasteiger partial charge in [0.05, 0.1) is 12.0 Å². The molecule has 0 N–H and O–H groups in total. The summed E-state index contributed by atoms with van der Waals surface area (Å²) < 4.78 is 1.42. The van der Waals surface area contributed by atoms with Gasteiger partial charge in [0, 0.05) is 30.0 Å². The molecule has 1 fully saturated rings. The first-order valence-corrected chi connectivity index (χ1v) is 8.98. The Bertz CT molecular complexity index is 791. The highest BCUT2D eigenvalue weighted by atomic mass is 32.1. The zero-order chi connectivity index (χ0) is 15.8. The van der Waals surface area contributed by atoms with Crippen molar-refractivity contribution in [3.8, 4) is 0 Å². The quantitative estimate of drug-likeness (QED) is 0.867. The minimum Gasteiger partial charge on any atom is -0.336 e. The van der Waals surface area contributed by atoms with Gasteiger partial charge in [0.2, 0.25) is 5.91 Å². The van der Waals surface area contributed by atoms with Gasteiger partial charge in [-0.1, -0.05) is 6.42 Å². The van der Waals surface area contributed by atoms with Crippen LogP contribution in [0.5, 0.6) is 0 Å². The number of rotatable bonds is 3. The molecule has 0 bridgehead atoms. The summed E-state index contributed by atoms with van der Waals surface area (Å²) in [5, 5.41) is 2.08. The molecular weight excluding hydrogens is 310 g/mol. The Morgan fingerprint density at radius 2 is 2.26 bits per heavy atom. The maximum atomic E-state index is 12.5. The monoisotopic (exact) mass is 329 g/mol. The van der Waals surface area contributed by atoms with Crippen LogP contribution in [0.2, 0.25) is 0 Å². The second-order valence-corrected chi connectivity index (χ2v) is 7.34. The molecule has 2 aromatic heterocycles. The summed E-state index contributed by atoms with van der Waals surface area (Å²) >= 11 is 1.75. The van der Waals surface area contributed by atoms with Gasteiger partial charge >= 0.3 is 0 Å². The summed E-state index contributed by atoms with van der Waals surface area (Å²) in [6.07, 6.45) is 5.89. The minimum atomic E-state index is -0.122. The van der Waals surface area contributed by atoms with Gasteiger partial charge in [-0.2, -0.15) is 0 Å². The molecule has 1 amide bonds. The molecule has 0 radical (unpaired) electrons. The number of hydrogen-bond donors (Lipinski definition) is 0. The maximum absolute atomic E-state index is 12.5. The molecule has 1 saturated carbocycles. The van der Waals surface area contributed by atoms with Crippen LogP contribution in [0, 0.1) is 0 Å². The number of amides is 1. The predicted molar refractivity (Wildman–Crippen MR) is 88.5 cm³/mol. The van der Waals surface area contributed by atoms with Crippen LogP contribution in [-0.2, 0) is 24.3 Å². The zero-order valence-corrected chi connectivity index (χ0v) is 13.7. The van der Waals surface area contributed by atoms with Crippen molar-refractivity contribution in [2.75, 3.05) is 6.54 Å². The summed E-state index contributed by atoms with van der Waals surface area (Å²) in [4.78, 5) is 32.3. The number of carbonyl (C=O) groups is 1. The minimum absolute atomic E-state index is 0.0119. The highest BCUT2D eigenvalue weighted by Crippen LogP contribution is 2.34. The second kappa shape index (κ2) is 5.92. The fourth-order valence-corrected chi connectivity index (χ4v) is 4.08. The van der Waals surface area contributed by atoms with E-state index in [-0.39, 0.29) is 18.0 Å². The number of nitrogens with zero attached hydrogens (tertiary/aromatic N) is 3. The number of thiophene rings is 1. The van der Waals surface area contributed by atoms with E-state index in [2.05, 4.69) is 16.4 Å². The molecule has 1 aliphatic carbocycles. The average Bonchev–Trinajstić information content (AvgIpc) is 2.95. The lowest BCUT2D eigenvalue weighted by molar-refractivity contribution is -0.132. The molecular formula is C17H19N3O2S. The summed E-state index contributed by atoms with van der Waals surface area (Å²) in [6, 6.07) is 3.69. The van der Waals surface area contributed by atoms with Crippen LogP contribution in [0.25, 0.3) is 0 Å². The molecule has 6 heteroatoms. The fourth-order valence-electron chi connectivity index (χ4n) is 3.19. The lowest BCUT2D eigenvalue weighted by Gasteiger charge is -2.27. The standard InChI is InChI=1S/C17H19N3O2S/c21-16-8-14(12-2-1-3-12)18-11-20(16)10-17(22)19-6-4-15-13(9-19)5-7-23-15/h5,7-8,11-12H,1-4,6,9-10H2. The van der Waals surface area contributed by atoms with Crippen molar-refractivity contribution in [2.45, 2.75) is 44.7 Å². The molecule has 120 valence electrons. The Labute approximate surface area is 138 Å². The molecule has 0 aromatic carbocycles. The van der Waals surface area contributed by atoms with Gasteiger partial charge < -0.3 is 4.90 Å². The molecule has 3 heterocycles. The van der Waals surface area contributed by atoms with Gasteiger partial charge in [-0.15, -0.1) is 11.3 Å². The third-order valence-corrected chi connectivity index (χ3v) is 5.91. The number of fused-ring (bicyclic) bond motifs is 1. The Morgan fingerprint density at radius 3 is 3.00 bits per heavy atom. The van der Waals surface area contributed by atoms with Crippen molar-refractivity contribution in [2.24, 2.45) is 0 Å².